The van der Waals surface area contributed by atoms with Gasteiger partial charge in [0.1, 0.15) is 4.60 Å². The number of hydrogen-bond donors (Lipinski definition) is 1. The molecule has 0 aliphatic rings. The summed E-state index contributed by atoms with van der Waals surface area (Å²) in [6.45, 7) is 0.829. The van der Waals surface area contributed by atoms with Crippen LogP contribution in [0.2, 0.25) is 0 Å². The lowest BCUT2D eigenvalue weighted by atomic mass is 10.1. The lowest BCUT2D eigenvalue weighted by Gasteiger charge is -2.07. The van der Waals surface area contributed by atoms with Crippen LogP contribution in [0.1, 0.15) is 5.56 Å². The Morgan fingerprint density at radius 3 is 2.89 bits per heavy atom. The molecule has 0 unspecified atom stereocenters. The number of imidazole rings is 1. The Hall–Kier alpha value is -1.88. The number of nitrogens with zero attached hydrogens (tertiary/aromatic N) is 3. The largest absolute Gasteiger partial charge is 0.367 e. The van der Waals surface area contributed by atoms with Crippen LogP contribution in [0, 0.1) is 0 Å². The number of hydrogen-bond acceptors (Lipinski definition) is 3. The molecule has 0 atom stereocenters. The first-order valence-electron chi connectivity index (χ1n) is 6.10. The van der Waals surface area contributed by atoms with E-state index in [4.69, 9.17) is 0 Å². The lowest BCUT2D eigenvalue weighted by Crippen LogP contribution is -2.08. The minimum absolute atomic E-state index is 0.792. The summed E-state index contributed by atoms with van der Waals surface area (Å²) < 4.78 is 2.74. The number of rotatable bonds is 4. The zero-order chi connectivity index (χ0) is 13.1. The molecule has 0 spiro atoms. The average molecular weight is 317 g/mol. The van der Waals surface area contributed by atoms with Crippen molar-refractivity contribution >= 4 is 27.4 Å². The van der Waals surface area contributed by atoms with Crippen molar-refractivity contribution < 1.29 is 0 Å². The minimum Gasteiger partial charge on any atom is -0.367 e. The fourth-order valence-corrected chi connectivity index (χ4v) is 2.39. The van der Waals surface area contributed by atoms with E-state index in [9.17, 15) is 0 Å². The van der Waals surface area contributed by atoms with E-state index in [1.54, 1.807) is 6.20 Å². The van der Waals surface area contributed by atoms with E-state index >= 15 is 0 Å². The van der Waals surface area contributed by atoms with Gasteiger partial charge in [0.25, 0.3) is 0 Å². The third-order valence-corrected chi connectivity index (χ3v) is 3.28. The number of halogens is 1. The van der Waals surface area contributed by atoms with Crippen molar-refractivity contribution in [2.24, 2.45) is 0 Å². The topological polar surface area (TPSA) is 42.2 Å². The lowest BCUT2D eigenvalue weighted by molar-refractivity contribution is 0.993. The molecule has 0 amide bonds. The smallest absolute Gasteiger partial charge is 0.180 e. The third kappa shape index (κ3) is 2.76. The van der Waals surface area contributed by atoms with Crippen LogP contribution in [-0.2, 0) is 6.42 Å². The predicted molar refractivity (Wildman–Crippen MR) is 79.3 cm³/mol. The second-order valence-electron chi connectivity index (χ2n) is 4.23. The highest BCUT2D eigenvalue weighted by Gasteiger charge is 2.05. The maximum Gasteiger partial charge on any atom is 0.180 e. The SMILES string of the molecule is Brc1cn2ccnc2c(NCCc2ccccc2)n1. The average Bonchev–Trinajstić information content (AvgIpc) is 2.88. The van der Waals surface area contributed by atoms with Gasteiger partial charge in [0.2, 0.25) is 0 Å². The summed E-state index contributed by atoms with van der Waals surface area (Å²) in [7, 11) is 0. The summed E-state index contributed by atoms with van der Waals surface area (Å²) in [5.74, 6) is 0.801. The van der Waals surface area contributed by atoms with Crippen LogP contribution < -0.4 is 5.32 Å². The van der Waals surface area contributed by atoms with Crippen molar-refractivity contribution in [1.82, 2.24) is 14.4 Å². The zero-order valence-corrected chi connectivity index (χ0v) is 11.8. The van der Waals surface area contributed by atoms with Gasteiger partial charge in [-0.3, -0.25) is 0 Å². The molecule has 0 bridgehead atoms. The summed E-state index contributed by atoms with van der Waals surface area (Å²) in [4.78, 5) is 8.73. The highest BCUT2D eigenvalue weighted by molar-refractivity contribution is 9.10. The number of benzene rings is 1. The van der Waals surface area contributed by atoms with E-state index in [-0.39, 0.29) is 0 Å². The van der Waals surface area contributed by atoms with Crippen molar-refractivity contribution in [1.29, 1.82) is 0 Å². The Morgan fingerprint density at radius 2 is 2.05 bits per heavy atom. The monoisotopic (exact) mass is 316 g/mol. The summed E-state index contributed by atoms with van der Waals surface area (Å²) in [6, 6.07) is 10.4. The number of fused-ring (bicyclic) bond motifs is 1. The molecule has 0 radical (unpaired) electrons. The van der Waals surface area contributed by atoms with Gasteiger partial charge in [-0.1, -0.05) is 30.3 Å². The molecule has 2 heterocycles. The van der Waals surface area contributed by atoms with E-state index in [0.717, 1.165) is 29.0 Å². The quantitative estimate of drug-likeness (QED) is 0.804. The van der Waals surface area contributed by atoms with Gasteiger partial charge in [0.05, 0.1) is 0 Å². The summed E-state index contributed by atoms with van der Waals surface area (Å²) in [5.41, 5.74) is 2.15. The number of aromatic nitrogens is 3. The Morgan fingerprint density at radius 1 is 1.21 bits per heavy atom. The molecule has 0 aliphatic heterocycles. The van der Waals surface area contributed by atoms with E-state index < -0.39 is 0 Å². The van der Waals surface area contributed by atoms with Crippen LogP contribution >= 0.6 is 15.9 Å². The number of nitrogens with one attached hydrogen (secondary N) is 1. The van der Waals surface area contributed by atoms with Crippen LogP contribution in [0.25, 0.3) is 5.65 Å². The maximum atomic E-state index is 4.43. The minimum atomic E-state index is 0.792. The van der Waals surface area contributed by atoms with Gasteiger partial charge >= 0.3 is 0 Å². The molecule has 3 rings (SSSR count). The molecular weight excluding hydrogens is 304 g/mol. The predicted octanol–water partition coefficient (Wildman–Crippen LogP) is 3.15. The van der Waals surface area contributed by atoms with Gasteiger partial charge in [0, 0.05) is 25.1 Å². The van der Waals surface area contributed by atoms with Gasteiger partial charge in [-0.2, -0.15) is 0 Å². The van der Waals surface area contributed by atoms with Gasteiger partial charge in [-0.25, -0.2) is 9.97 Å². The Kier molecular flexibility index (Phi) is 3.46. The number of anilines is 1. The second kappa shape index (κ2) is 5.40. The van der Waals surface area contributed by atoms with E-state index in [1.807, 2.05) is 22.9 Å². The fourth-order valence-electron chi connectivity index (χ4n) is 1.99. The molecule has 0 saturated heterocycles. The van der Waals surface area contributed by atoms with Gasteiger partial charge in [-0.05, 0) is 27.9 Å². The second-order valence-corrected chi connectivity index (χ2v) is 5.05. The Balaban J connectivity index is 1.73. The molecular formula is C14H13BrN4. The molecule has 4 nitrogen and oxygen atoms in total. The van der Waals surface area contributed by atoms with Crippen LogP contribution in [0.5, 0.6) is 0 Å². The first-order valence-corrected chi connectivity index (χ1v) is 6.89. The fraction of sp³-hybridized carbons (Fsp3) is 0.143. The Labute approximate surface area is 119 Å². The summed E-state index contributed by atoms with van der Waals surface area (Å²) in [5, 5.41) is 3.34. The molecule has 0 fully saturated rings. The molecule has 1 N–H and O–H groups in total. The van der Waals surface area contributed by atoms with E-state index in [0.29, 0.717) is 0 Å². The first-order chi connectivity index (χ1) is 9.33. The van der Waals surface area contributed by atoms with Crippen molar-refractivity contribution in [2.45, 2.75) is 6.42 Å². The highest BCUT2D eigenvalue weighted by atomic mass is 79.9. The zero-order valence-electron chi connectivity index (χ0n) is 10.3. The molecule has 96 valence electrons. The molecule has 5 heteroatoms. The van der Waals surface area contributed by atoms with Gasteiger partial charge < -0.3 is 9.72 Å². The normalized spacial score (nSPS) is 10.8. The molecule has 2 aromatic heterocycles. The van der Waals surface area contributed by atoms with Crippen molar-refractivity contribution in [3.05, 3.63) is 59.1 Å². The molecule has 19 heavy (non-hydrogen) atoms. The van der Waals surface area contributed by atoms with E-state index in [2.05, 4.69) is 55.5 Å². The van der Waals surface area contributed by atoms with Gasteiger partial charge in [-0.15, -0.1) is 0 Å². The maximum absolute atomic E-state index is 4.43. The standard InChI is InChI=1S/C14H13BrN4/c15-12-10-19-9-8-17-14(19)13(18-12)16-7-6-11-4-2-1-3-5-11/h1-5,8-10H,6-7H2,(H,16,18). The first kappa shape index (κ1) is 12.2. The third-order valence-electron chi connectivity index (χ3n) is 2.89. The molecule has 3 aromatic rings. The molecule has 0 saturated carbocycles. The van der Waals surface area contributed by atoms with Crippen molar-refractivity contribution in [3.63, 3.8) is 0 Å². The van der Waals surface area contributed by atoms with E-state index in [1.165, 1.54) is 5.56 Å². The van der Waals surface area contributed by atoms with Crippen LogP contribution in [0.4, 0.5) is 5.82 Å². The van der Waals surface area contributed by atoms with Crippen molar-refractivity contribution in [2.75, 3.05) is 11.9 Å². The molecule has 0 aliphatic carbocycles. The van der Waals surface area contributed by atoms with Crippen molar-refractivity contribution in [3.8, 4) is 0 Å². The van der Waals surface area contributed by atoms with Crippen LogP contribution in [0.3, 0.4) is 0 Å². The molecule has 1 aromatic carbocycles. The van der Waals surface area contributed by atoms with Crippen LogP contribution in [-0.4, -0.2) is 20.9 Å². The summed E-state index contributed by atoms with van der Waals surface area (Å²) >= 11 is 3.41. The van der Waals surface area contributed by atoms with Gasteiger partial charge in [0.15, 0.2) is 11.5 Å². The van der Waals surface area contributed by atoms with Crippen LogP contribution in [0.15, 0.2) is 53.5 Å². The Bertz CT molecular complexity index is 678. The highest BCUT2D eigenvalue weighted by Crippen LogP contribution is 2.16. The summed E-state index contributed by atoms with van der Waals surface area (Å²) in [6.07, 6.45) is 6.53.